The average molecular weight is 316 g/mol. The van der Waals surface area contributed by atoms with Gasteiger partial charge in [0.15, 0.2) is 0 Å². The van der Waals surface area contributed by atoms with Gasteiger partial charge in [-0.15, -0.1) is 0 Å². The minimum atomic E-state index is -3.25. The van der Waals surface area contributed by atoms with Crippen LogP contribution in [0.3, 0.4) is 0 Å². The Morgan fingerprint density at radius 1 is 1.57 bits per heavy atom. The molecule has 0 radical (unpaired) electrons. The van der Waals surface area contributed by atoms with Gasteiger partial charge in [0.25, 0.3) is 0 Å². The second-order valence-electron chi connectivity index (χ2n) is 5.31. The number of H-pyrrole nitrogens is 1. The zero-order valence-corrected chi connectivity index (χ0v) is 12.9. The minimum Gasteiger partial charge on any atom is -0.480 e. The molecule has 0 aromatic carbocycles. The van der Waals surface area contributed by atoms with Gasteiger partial charge in [-0.2, -0.15) is 0 Å². The van der Waals surface area contributed by atoms with Crippen LogP contribution in [-0.4, -0.2) is 71.1 Å². The highest BCUT2D eigenvalue weighted by Crippen LogP contribution is 2.21. The monoisotopic (exact) mass is 316 g/mol. The fourth-order valence-electron chi connectivity index (χ4n) is 2.40. The Hall–Kier alpha value is -1.45. The van der Waals surface area contributed by atoms with E-state index in [0.717, 1.165) is 11.4 Å². The normalized spacial score (nSPS) is 19.7. The van der Waals surface area contributed by atoms with Crippen LogP contribution in [0.15, 0.2) is 6.33 Å². The highest BCUT2D eigenvalue weighted by atomic mass is 32.2. The number of hydrogen-bond donors (Lipinski definition) is 2. The zero-order chi connectivity index (χ0) is 15.6. The van der Waals surface area contributed by atoms with Crippen LogP contribution in [-0.2, 0) is 27.8 Å². The quantitative estimate of drug-likeness (QED) is 0.733. The first-order chi connectivity index (χ1) is 9.81. The SMILES string of the molecule is CN(C)S(=O)(=O)CCCN1Cc2[nH]cnc2C[C@H]1C(=O)O. The van der Waals surface area contributed by atoms with Crippen molar-refractivity contribution in [1.82, 2.24) is 19.2 Å². The van der Waals surface area contributed by atoms with Crippen molar-refractivity contribution in [1.29, 1.82) is 0 Å². The van der Waals surface area contributed by atoms with Crippen molar-refractivity contribution in [3.8, 4) is 0 Å². The maximum absolute atomic E-state index is 11.7. The first-order valence-corrected chi connectivity index (χ1v) is 8.30. The lowest BCUT2D eigenvalue weighted by Gasteiger charge is -2.32. The smallest absolute Gasteiger partial charge is 0.321 e. The Labute approximate surface area is 123 Å². The van der Waals surface area contributed by atoms with Gasteiger partial charge in [-0.05, 0) is 6.42 Å². The van der Waals surface area contributed by atoms with E-state index in [1.165, 1.54) is 18.4 Å². The van der Waals surface area contributed by atoms with E-state index in [4.69, 9.17) is 0 Å². The van der Waals surface area contributed by atoms with Gasteiger partial charge in [-0.25, -0.2) is 17.7 Å². The number of rotatable bonds is 6. The molecule has 0 bridgehead atoms. The lowest BCUT2D eigenvalue weighted by atomic mass is 10.0. The molecule has 1 aliphatic rings. The number of aromatic amines is 1. The number of aromatic nitrogens is 2. The summed E-state index contributed by atoms with van der Waals surface area (Å²) in [6.07, 6.45) is 2.30. The molecule has 1 aromatic heterocycles. The van der Waals surface area contributed by atoms with Crippen LogP contribution in [0.1, 0.15) is 17.8 Å². The molecule has 9 heteroatoms. The van der Waals surface area contributed by atoms with E-state index >= 15 is 0 Å². The molecule has 0 amide bonds. The van der Waals surface area contributed by atoms with Gasteiger partial charge in [-0.1, -0.05) is 0 Å². The second-order valence-corrected chi connectivity index (χ2v) is 7.61. The molecular weight excluding hydrogens is 296 g/mol. The van der Waals surface area contributed by atoms with Crippen LogP contribution in [0.25, 0.3) is 0 Å². The third-order valence-corrected chi connectivity index (χ3v) is 5.60. The molecule has 2 heterocycles. The van der Waals surface area contributed by atoms with Crippen LogP contribution in [0.5, 0.6) is 0 Å². The summed E-state index contributed by atoms with van der Waals surface area (Å²) >= 11 is 0. The summed E-state index contributed by atoms with van der Waals surface area (Å²) < 4.78 is 24.6. The molecule has 8 nitrogen and oxygen atoms in total. The molecule has 0 saturated heterocycles. The molecular formula is C12H20N4O4S. The molecule has 0 unspecified atom stereocenters. The summed E-state index contributed by atoms with van der Waals surface area (Å²) in [7, 11) is -0.261. The van der Waals surface area contributed by atoms with E-state index in [-0.39, 0.29) is 5.75 Å². The zero-order valence-electron chi connectivity index (χ0n) is 12.1. The molecule has 1 atom stereocenters. The van der Waals surface area contributed by atoms with Crippen LogP contribution in [0, 0.1) is 0 Å². The number of imidazole rings is 1. The van der Waals surface area contributed by atoms with Gasteiger partial charge < -0.3 is 10.1 Å². The Morgan fingerprint density at radius 3 is 2.90 bits per heavy atom. The Kier molecular flexibility index (Phi) is 4.64. The fraction of sp³-hybridized carbons (Fsp3) is 0.667. The van der Waals surface area contributed by atoms with E-state index in [1.807, 2.05) is 0 Å². The van der Waals surface area contributed by atoms with Crippen LogP contribution < -0.4 is 0 Å². The summed E-state index contributed by atoms with van der Waals surface area (Å²) in [6, 6.07) is -0.650. The number of carboxylic acid groups (broad SMARTS) is 1. The molecule has 2 N–H and O–H groups in total. The number of nitrogens with one attached hydrogen (secondary N) is 1. The lowest BCUT2D eigenvalue weighted by molar-refractivity contribution is -0.144. The summed E-state index contributed by atoms with van der Waals surface area (Å²) in [4.78, 5) is 20.3. The number of aliphatic carboxylic acids is 1. The number of nitrogens with zero attached hydrogens (tertiary/aromatic N) is 3. The van der Waals surface area contributed by atoms with Gasteiger partial charge in [0.1, 0.15) is 6.04 Å². The molecule has 0 fully saturated rings. The number of carbonyl (C=O) groups is 1. The van der Waals surface area contributed by atoms with Crippen molar-refractivity contribution < 1.29 is 18.3 Å². The van der Waals surface area contributed by atoms with Crippen molar-refractivity contribution in [2.75, 3.05) is 26.4 Å². The highest BCUT2D eigenvalue weighted by molar-refractivity contribution is 7.89. The maximum atomic E-state index is 11.7. The van der Waals surface area contributed by atoms with Crippen molar-refractivity contribution in [2.24, 2.45) is 0 Å². The van der Waals surface area contributed by atoms with Gasteiger partial charge in [0.2, 0.25) is 10.0 Å². The van der Waals surface area contributed by atoms with Gasteiger partial charge in [0.05, 0.1) is 23.5 Å². The van der Waals surface area contributed by atoms with Gasteiger partial charge in [0, 0.05) is 33.6 Å². The van der Waals surface area contributed by atoms with E-state index in [9.17, 15) is 18.3 Å². The van der Waals surface area contributed by atoms with Crippen molar-refractivity contribution in [2.45, 2.75) is 25.4 Å². The Balaban J connectivity index is 2.00. The highest BCUT2D eigenvalue weighted by Gasteiger charge is 2.32. The molecule has 0 aliphatic carbocycles. The molecule has 1 aromatic rings. The first-order valence-electron chi connectivity index (χ1n) is 6.69. The predicted octanol–water partition coefficient (Wildman–Crippen LogP) is -0.497. The standard InChI is InChI=1S/C12H20N4O4S/c1-15(2)21(19,20)5-3-4-16-7-10-9(13-8-14-10)6-11(16)12(17)18/h8,11H,3-7H2,1-2H3,(H,13,14)(H,17,18)/t11-/m0/s1. The van der Waals surface area contributed by atoms with Gasteiger partial charge >= 0.3 is 5.97 Å². The summed E-state index contributed by atoms with van der Waals surface area (Å²) in [6.45, 7) is 0.872. The Bertz CT molecular complexity index is 611. The average Bonchev–Trinajstić information content (AvgIpc) is 2.84. The summed E-state index contributed by atoms with van der Waals surface area (Å²) in [5, 5.41) is 9.31. The van der Waals surface area contributed by atoms with E-state index in [2.05, 4.69) is 9.97 Å². The molecule has 0 spiro atoms. The molecule has 118 valence electrons. The second kappa shape index (κ2) is 6.12. The largest absolute Gasteiger partial charge is 0.480 e. The number of fused-ring (bicyclic) bond motifs is 1. The summed E-state index contributed by atoms with van der Waals surface area (Å²) in [5.41, 5.74) is 1.68. The van der Waals surface area contributed by atoms with Crippen molar-refractivity contribution >= 4 is 16.0 Å². The topological polar surface area (TPSA) is 107 Å². The Morgan fingerprint density at radius 2 is 2.29 bits per heavy atom. The first kappa shape index (κ1) is 15.9. The van der Waals surface area contributed by atoms with E-state index in [0.29, 0.717) is 25.9 Å². The van der Waals surface area contributed by atoms with Crippen molar-refractivity contribution in [3.05, 3.63) is 17.7 Å². The summed E-state index contributed by atoms with van der Waals surface area (Å²) in [5.74, 6) is -0.891. The third kappa shape index (κ3) is 3.60. The number of hydrogen-bond acceptors (Lipinski definition) is 5. The molecule has 2 rings (SSSR count). The fourth-order valence-corrected chi connectivity index (χ4v) is 3.26. The van der Waals surface area contributed by atoms with E-state index in [1.54, 1.807) is 11.2 Å². The number of carboxylic acids is 1. The molecule has 0 saturated carbocycles. The van der Waals surface area contributed by atoms with Crippen LogP contribution in [0.4, 0.5) is 0 Å². The van der Waals surface area contributed by atoms with Crippen molar-refractivity contribution in [3.63, 3.8) is 0 Å². The maximum Gasteiger partial charge on any atom is 0.321 e. The lowest BCUT2D eigenvalue weighted by Crippen LogP contribution is -2.46. The van der Waals surface area contributed by atoms with Crippen LogP contribution >= 0.6 is 0 Å². The van der Waals surface area contributed by atoms with Gasteiger partial charge in [-0.3, -0.25) is 9.69 Å². The minimum absolute atomic E-state index is 0.0126. The van der Waals surface area contributed by atoms with E-state index < -0.39 is 22.0 Å². The third-order valence-electron chi connectivity index (χ3n) is 3.69. The predicted molar refractivity (Wildman–Crippen MR) is 76.2 cm³/mol. The van der Waals surface area contributed by atoms with Crippen LogP contribution in [0.2, 0.25) is 0 Å². The molecule has 1 aliphatic heterocycles. The molecule has 21 heavy (non-hydrogen) atoms. The number of sulfonamides is 1.